The van der Waals surface area contributed by atoms with E-state index < -0.39 is 0 Å². The Balaban J connectivity index is 1.60. The molecule has 5 rings (SSSR count). The zero-order valence-electron chi connectivity index (χ0n) is 13.1. The van der Waals surface area contributed by atoms with Crippen LogP contribution >= 0.6 is 0 Å². The molecule has 24 heavy (non-hydrogen) atoms. The molecule has 2 N–H and O–H groups in total. The van der Waals surface area contributed by atoms with Gasteiger partial charge >= 0.3 is 0 Å². The topological polar surface area (TPSA) is 31.6 Å². The van der Waals surface area contributed by atoms with Crippen LogP contribution in [0.15, 0.2) is 85.2 Å². The molecule has 0 saturated heterocycles. The molecule has 2 aromatic heterocycles. The van der Waals surface area contributed by atoms with Gasteiger partial charge in [0.1, 0.15) is 0 Å². The fourth-order valence-corrected chi connectivity index (χ4v) is 3.45. The van der Waals surface area contributed by atoms with Gasteiger partial charge in [0.05, 0.1) is 0 Å². The molecule has 0 atom stereocenters. The Morgan fingerprint density at radius 1 is 0.458 bits per heavy atom. The molecular weight excluding hydrogens is 292 g/mol. The van der Waals surface area contributed by atoms with Gasteiger partial charge in [-0.2, -0.15) is 0 Å². The van der Waals surface area contributed by atoms with Gasteiger partial charge in [0, 0.05) is 45.3 Å². The smallest absolute Gasteiger partial charge is 0.0460 e. The fourth-order valence-electron chi connectivity index (χ4n) is 3.45. The predicted molar refractivity (Wildman–Crippen MR) is 101 cm³/mol. The first-order valence-corrected chi connectivity index (χ1v) is 8.13. The lowest BCUT2D eigenvalue weighted by Gasteiger charge is -2.03. The van der Waals surface area contributed by atoms with E-state index in [1.54, 1.807) is 0 Å². The fraction of sp³-hybridized carbons (Fsp3) is 0. The highest BCUT2D eigenvalue weighted by Crippen LogP contribution is 2.32. The molecule has 0 unspecified atom stereocenters. The molecule has 0 aliphatic heterocycles. The summed E-state index contributed by atoms with van der Waals surface area (Å²) in [5.41, 5.74) is 7.31. The Kier molecular flexibility index (Phi) is 2.83. The zero-order chi connectivity index (χ0) is 15.9. The lowest BCUT2D eigenvalue weighted by atomic mass is 10.00. The standard InChI is InChI=1S/C22H16N2/c1-3-7-21-17(5-1)19(13-23-21)15-9-11-16(12-10-15)20-14-24-22-8-4-2-6-18(20)22/h1-14,23-24H. The second-order valence-corrected chi connectivity index (χ2v) is 6.07. The third kappa shape index (κ3) is 1.97. The van der Waals surface area contributed by atoms with Gasteiger partial charge in [-0.3, -0.25) is 0 Å². The molecule has 2 heterocycles. The van der Waals surface area contributed by atoms with Crippen LogP contribution in [0.25, 0.3) is 44.1 Å². The molecule has 114 valence electrons. The molecule has 0 saturated carbocycles. The van der Waals surface area contributed by atoms with Crippen molar-refractivity contribution in [1.29, 1.82) is 0 Å². The van der Waals surface area contributed by atoms with Gasteiger partial charge in [0.15, 0.2) is 0 Å². The highest BCUT2D eigenvalue weighted by atomic mass is 14.7. The van der Waals surface area contributed by atoms with E-state index in [4.69, 9.17) is 0 Å². The van der Waals surface area contributed by atoms with E-state index in [1.807, 2.05) is 0 Å². The van der Waals surface area contributed by atoms with E-state index in [0.29, 0.717) is 0 Å². The van der Waals surface area contributed by atoms with Gasteiger partial charge in [-0.25, -0.2) is 0 Å². The quantitative estimate of drug-likeness (QED) is 0.402. The monoisotopic (exact) mass is 308 g/mol. The van der Waals surface area contributed by atoms with Crippen molar-refractivity contribution in [3.8, 4) is 22.3 Å². The molecule has 0 bridgehead atoms. The summed E-state index contributed by atoms with van der Waals surface area (Å²) in [4.78, 5) is 6.70. The molecule has 0 spiro atoms. The van der Waals surface area contributed by atoms with Gasteiger partial charge in [-0.05, 0) is 23.3 Å². The molecule has 3 aromatic carbocycles. The molecule has 0 aliphatic carbocycles. The maximum atomic E-state index is 3.35. The molecule has 0 radical (unpaired) electrons. The van der Waals surface area contributed by atoms with Crippen LogP contribution in [0.2, 0.25) is 0 Å². The number of benzene rings is 3. The number of nitrogens with one attached hydrogen (secondary N) is 2. The molecule has 2 heteroatoms. The van der Waals surface area contributed by atoms with Crippen LogP contribution in [0.5, 0.6) is 0 Å². The first-order valence-electron chi connectivity index (χ1n) is 8.13. The molecule has 0 fully saturated rings. The van der Waals surface area contributed by atoms with Crippen LogP contribution in [-0.4, -0.2) is 9.97 Å². The summed E-state index contributed by atoms with van der Waals surface area (Å²) in [6.07, 6.45) is 4.18. The number of H-pyrrole nitrogens is 2. The van der Waals surface area contributed by atoms with Crippen molar-refractivity contribution in [3.05, 3.63) is 85.2 Å². The number of hydrogen-bond donors (Lipinski definition) is 2. The largest absolute Gasteiger partial charge is 0.361 e. The van der Waals surface area contributed by atoms with Crippen LogP contribution in [0.3, 0.4) is 0 Å². The summed E-state index contributed by atoms with van der Waals surface area (Å²) >= 11 is 0. The van der Waals surface area contributed by atoms with Crippen LogP contribution < -0.4 is 0 Å². The van der Waals surface area contributed by atoms with Crippen molar-refractivity contribution in [2.75, 3.05) is 0 Å². The summed E-state index contributed by atoms with van der Waals surface area (Å²) in [5.74, 6) is 0. The second kappa shape index (κ2) is 5.14. The minimum absolute atomic E-state index is 1.17. The average molecular weight is 308 g/mol. The van der Waals surface area contributed by atoms with Crippen molar-refractivity contribution in [2.24, 2.45) is 0 Å². The number of hydrogen-bond acceptors (Lipinski definition) is 0. The predicted octanol–water partition coefficient (Wildman–Crippen LogP) is 5.98. The number of rotatable bonds is 2. The van der Waals surface area contributed by atoms with E-state index in [-0.39, 0.29) is 0 Å². The van der Waals surface area contributed by atoms with E-state index in [1.165, 1.54) is 44.1 Å². The van der Waals surface area contributed by atoms with Crippen LogP contribution in [-0.2, 0) is 0 Å². The van der Waals surface area contributed by atoms with Gasteiger partial charge < -0.3 is 9.97 Å². The summed E-state index contributed by atoms with van der Waals surface area (Å²) < 4.78 is 0. The SMILES string of the molecule is c1ccc2c(-c3ccc(-c4c[nH]c5ccccc45)cc3)c[nH]c2c1. The van der Waals surface area contributed by atoms with E-state index in [0.717, 1.165) is 0 Å². The van der Waals surface area contributed by atoms with E-state index in [9.17, 15) is 0 Å². The van der Waals surface area contributed by atoms with Gasteiger partial charge in [-0.15, -0.1) is 0 Å². The molecule has 0 aliphatic rings. The minimum Gasteiger partial charge on any atom is -0.361 e. The first-order chi connectivity index (χ1) is 11.9. The summed E-state index contributed by atoms with van der Waals surface area (Å²) in [5, 5.41) is 2.52. The average Bonchev–Trinajstić information content (AvgIpc) is 3.26. The Morgan fingerprint density at radius 3 is 1.33 bits per heavy atom. The van der Waals surface area contributed by atoms with E-state index in [2.05, 4.69) is 95.2 Å². The van der Waals surface area contributed by atoms with Crippen LogP contribution in [0, 0.1) is 0 Å². The van der Waals surface area contributed by atoms with Crippen molar-refractivity contribution in [2.45, 2.75) is 0 Å². The Hall–Kier alpha value is -3.26. The highest BCUT2D eigenvalue weighted by molar-refractivity contribution is 5.97. The van der Waals surface area contributed by atoms with Gasteiger partial charge in [0.25, 0.3) is 0 Å². The molecular formula is C22H16N2. The Bertz CT molecular complexity index is 1050. The van der Waals surface area contributed by atoms with Crippen molar-refractivity contribution < 1.29 is 0 Å². The van der Waals surface area contributed by atoms with Crippen molar-refractivity contribution in [1.82, 2.24) is 9.97 Å². The summed E-state index contributed by atoms with van der Waals surface area (Å²) in [6, 6.07) is 25.6. The highest BCUT2D eigenvalue weighted by Gasteiger charge is 2.08. The number of para-hydroxylation sites is 2. The summed E-state index contributed by atoms with van der Waals surface area (Å²) in [7, 11) is 0. The lowest BCUT2D eigenvalue weighted by molar-refractivity contribution is 1.47. The Labute approximate surface area is 139 Å². The third-order valence-electron chi connectivity index (χ3n) is 4.69. The molecule has 5 aromatic rings. The molecule has 2 nitrogen and oxygen atoms in total. The van der Waals surface area contributed by atoms with Crippen LogP contribution in [0.4, 0.5) is 0 Å². The van der Waals surface area contributed by atoms with Crippen LogP contribution in [0.1, 0.15) is 0 Å². The normalized spacial score (nSPS) is 11.3. The molecule has 0 amide bonds. The van der Waals surface area contributed by atoms with Crippen molar-refractivity contribution in [3.63, 3.8) is 0 Å². The number of aromatic amines is 2. The number of fused-ring (bicyclic) bond motifs is 2. The maximum absolute atomic E-state index is 3.35. The minimum atomic E-state index is 1.17. The van der Waals surface area contributed by atoms with Gasteiger partial charge in [0.2, 0.25) is 0 Å². The first kappa shape index (κ1) is 13.2. The lowest BCUT2D eigenvalue weighted by Crippen LogP contribution is -1.78. The Morgan fingerprint density at radius 2 is 0.875 bits per heavy atom. The van der Waals surface area contributed by atoms with Gasteiger partial charge in [-0.1, -0.05) is 60.7 Å². The number of aromatic nitrogens is 2. The maximum Gasteiger partial charge on any atom is 0.0460 e. The third-order valence-corrected chi connectivity index (χ3v) is 4.69. The second-order valence-electron chi connectivity index (χ2n) is 6.07. The van der Waals surface area contributed by atoms with Crippen molar-refractivity contribution >= 4 is 21.8 Å². The zero-order valence-corrected chi connectivity index (χ0v) is 13.1. The summed E-state index contributed by atoms with van der Waals surface area (Å²) in [6.45, 7) is 0. The van der Waals surface area contributed by atoms with E-state index >= 15 is 0 Å².